The molecule has 0 amide bonds. The Morgan fingerprint density at radius 2 is 1.48 bits per heavy atom. The average Bonchev–Trinajstić information content (AvgIpc) is 2.68. The molecule has 0 atom stereocenters. The first-order valence-electron chi connectivity index (χ1n) is 8.60. The van der Waals surface area contributed by atoms with Crippen LogP contribution in [0, 0.1) is 12.7 Å². The van der Waals surface area contributed by atoms with Gasteiger partial charge in [0, 0.05) is 37.9 Å². The number of sulfonamides is 1. The molecule has 6 nitrogen and oxygen atoms in total. The topological polar surface area (TPSA) is 59.1 Å². The summed E-state index contributed by atoms with van der Waals surface area (Å²) in [6.07, 6.45) is 0. The van der Waals surface area contributed by atoms with E-state index in [0.29, 0.717) is 43.2 Å². The molecule has 0 saturated carbocycles. The first-order chi connectivity index (χ1) is 12.9. The van der Waals surface area contributed by atoms with Crippen LogP contribution < -0.4 is 14.4 Å². The maximum atomic E-state index is 13.1. The Hall–Kier alpha value is -2.32. The summed E-state index contributed by atoms with van der Waals surface area (Å²) in [6.45, 7) is 3.53. The van der Waals surface area contributed by atoms with E-state index < -0.39 is 10.0 Å². The number of rotatable bonds is 5. The summed E-state index contributed by atoms with van der Waals surface area (Å²) in [5.74, 6) is 0.589. The van der Waals surface area contributed by atoms with E-state index in [2.05, 4.69) is 0 Å². The Balaban J connectivity index is 1.80. The van der Waals surface area contributed by atoms with Gasteiger partial charge >= 0.3 is 0 Å². The molecule has 0 aliphatic carbocycles. The summed E-state index contributed by atoms with van der Waals surface area (Å²) in [6, 6.07) is 9.41. The Labute approximate surface area is 159 Å². The second kappa shape index (κ2) is 7.74. The van der Waals surface area contributed by atoms with Gasteiger partial charge in [-0.25, -0.2) is 12.8 Å². The second-order valence-corrected chi connectivity index (χ2v) is 8.25. The lowest BCUT2D eigenvalue weighted by Gasteiger charge is -2.35. The number of benzene rings is 2. The number of methoxy groups -OCH3 is 2. The zero-order valence-corrected chi connectivity index (χ0v) is 16.4. The second-order valence-electron chi connectivity index (χ2n) is 6.34. The van der Waals surface area contributed by atoms with E-state index in [1.165, 1.54) is 36.7 Å². The van der Waals surface area contributed by atoms with Gasteiger partial charge in [-0.3, -0.25) is 0 Å². The SMILES string of the molecule is COc1cc(C)c(S(=O)(=O)N2CCN(c3ccc(F)cc3)CC2)cc1OC. The van der Waals surface area contributed by atoms with Gasteiger partial charge in [0.1, 0.15) is 5.82 Å². The van der Waals surface area contributed by atoms with Gasteiger partial charge in [0.25, 0.3) is 0 Å². The number of ether oxygens (including phenoxy) is 2. The zero-order valence-electron chi connectivity index (χ0n) is 15.6. The molecule has 0 radical (unpaired) electrons. The molecule has 8 heteroatoms. The molecule has 0 bridgehead atoms. The maximum Gasteiger partial charge on any atom is 0.243 e. The highest BCUT2D eigenvalue weighted by atomic mass is 32.2. The van der Waals surface area contributed by atoms with Gasteiger partial charge in [0.2, 0.25) is 10.0 Å². The number of piperazine rings is 1. The van der Waals surface area contributed by atoms with Crippen molar-refractivity contribution >= 4 is 15.7 Å². The van der Waals surface area contributed by atoms with Crippen LogP contribution in [0.4, 0.5) is 10.1 Å². The number of hydrogen-bond acceptors (Lipinski definition) is 5. The lowest BCUT2D eigenvalue weighted by molar-refractivity contribution is 0.352. The molecule has 0 spiro atoms. The van der Waals surface area contributed by atoms with Crippen molar-refractivity contribution in [2.45, 2.75) is 11.8 Å². The summed E-state index contributed by atoms with van der Waals surface area (Å²) >= 11 is 0. The maximum absolute atomic E-state index is 13.1. The highest BCUT2D eigenvalue weighted by Crippen LogP contribution is 2.34. The summed E-state index contributed by atoms with van der Waals surface area (Å²) in [5.41, 5.74) is 1.49. The fraction of sp³-hybridized carbons (Fsp3) is 0.368. The molecule has 3 rings (SSSR count). The van der Waals surface area contributed by atoms with Gasteiger partial charge in [-0.2, -0.15) is 4.31 Å². The van der Waals surface area contributed by atoms with Crippen molar-refractivity contribution in [1.29, 1.82) is 0 Å². The molecule has 1 aliphatic rings. The van der Waals surface area contributed by atoms with Crippen molar-refractivity contribution in [3.63, 3.8) is 0 Å². The number of anilines is 1. The Morgan fingerprint density at radius 3 is 2.04 bits per heavy atom. The van der Waals surface area contributed by atoms with Crippen molar-refractivity contribution in [1.82, 2.24) is 4.31 Å². The number of halogens is 1. The van der Waals surface area contributed by atoms with Crippen LogP contribution in [-0.4, -0.2) is 53.1 Å². The summed E-state index contributed by atoms with van der Waals surface area (Å²) in [5, 5.41) is 0. The zero-order chi connectivity index (χ0) is 19.6. The lowest BCUT2D eigenvalue weighted by atomic mass is 10.2. The molecule has 2 aromatic rings. The molecule has 1 saturated heterocycles. The predicted octanol–water partition coefficient (Wildman–Crippen LogP) is 2.66. The molecule has 1 fully saturated rings. The molecular formula is C19H23FN2O4S. The monoisotopic (exact) mass is 394 g/mol. The van der Waals surface area contributed by atoms with Gasteiger partial charge in [-0.05, 0) is 42.8 Å². The van der Waals surface area contributed by atoms with E-state index in [1.54, 1.807) is 25.1 Å². The van der Waals surface area contributed by atoms with Crippen LogP contribution in [0.1, 0.15) is 5.56 Å². The van der Waals surface area contributed by atoms with Crippen molar-refractivity contribution in [3.8, 4) is 11.5 Å². The van der Waals surface area contributed by atoms with Crippen LogP contribution in [0.2, 0.25) is 0 Å². The van der Waals surface area contributed by atoms with Crippen LogP contribution in [0.5, 0.6) is 11.5 Å². The number of aryl methyl sites for hydroxylation is 1. The first kappa shape index (κ1) is 19.4. The van der Waals surface area contributed by atoms with Crippen molar-refractivity contribution in [2.75, 3.05) is 45.3 Å². The number of hydrogen-bond donors (Lipinski definition) is 0. The molecule has 2 aromatic carbocycles. The van der Waals surface area contributed by atoms with E-state index in [0.717, 1.165) is 5.69 Å². The molecular weight excluding hydrogens is 371 g/mol. The van der Waals surface area contributed by atoms with Crippen molar-refractivity contribution in [2.24, 2.45) is 0 Å². The van der Waals surface area contributed by atoms with Gasteiger partial charge in [-0.1, -0.05) is 0 Å². The predicted molar refractivity (Wildman–Crippen MR) is 102 cm³/mol. The van der Waals surface area contributed by atoms with E-state index in [-0.39, 0.29) is 10.7 Å². The van der Waals surface area contributed by atoms with E-state index >= 15 is 0 Å². The standard InChI is InChI=1S/C19H23FN2O4S/c1-14-12-17(25-2)18(26-3)13-19(14)27(23,24)22-10-8-21(9-11-22)16-6-4-15(20)5-7-16/h4-7,12-13H,8-11H2,1-3H3. The molecule has 27 heavy (non-hydrogen) atoms. The highest BCUT2D eigenvalue weighted by molar-refractivity contribution is 7.89. The van der Waals surface area contributed by atoms with Crippen LogP contribution in [0.15, 0.2) is 41.3 Å². The quantitative estimate of drug-likeness (QED) is 0.780. The summed E-state index contributed by atoms with van der Waals surface area (Å²) < 4.78 is 51.3. The van der Waals surface area contributed by atoms with E-state index in [9.17, 15) is 12.8 Å². The fourth-order valence-corrected chi connectivity index (χ4v) is 4.86. The van der Waals surface area contributed by atoms with Crippen LogP contribution in [-0.2, 0) is 10.0 Å². The van der Waals surface area contributed by atoms with E-state index in [1.807, 2.05) is 4.90 Å². The third kappa shape index (κ3) is 3.86. The molecule has 1 heterocycles. The van der Waals surface area contributed by atoms with Crippen LogP contribution in [0.25, 0.3) is 0 Å². The molecule has 0 N–H and O–H groups in total. The molecule has 0 unspecified atom stereocenters. The van der Waals surface area contributed by atoms with Gasteiger partial charge < -0.3 is 14.4 Å². The minimum absolute atomic E-state index is 0.218. The Morgan fingerprint density at radius 1 is 0.926 bits per heavy atom. The Kier molecular flexibility index (Phi) is 5.57. The third-order valence-electron chi connectivity index (χ3n) is 4.73. The van der Waals surface area contributed by atoms with Gasteiger partial charge in [-0.15, -0.1) is 0 Å². The molecule has 1 aliphatic heterocycles. The summed E-state index contributed by atoms with van der Waals surface area (Å²) in [4.78, 5) is 2.27. The normalized spacial score (nSPS) is 15.6. The number of nitrogens with zero attached hydrogens (tertiary/aromatic N) is 2. The van der Waals surface area contributed by atoms with Gasteiger partial charge in [0.05, 0.1) is 19.1 Å². The van der Waals surface area contributed by atoms with Crippen LogP contribution >= 0.6 is 0 Å². The van der Waals surface area contributed by atoms with Crippen molar-refractivity contribution in [3.05, 3.63) is 47.8 Å². The van der Waals surface area contributed by atoms with Crippen molar-refractivity contribution < 1.29 is 22.3 Å². The van der Waals surface area contributed by atoms with E-state index in [4.69, 9.17) is 9.47 Å². The fourth-order valence-electron chi connectivity index (χ4n) is 3.22. The van der Waals surface area contributed by atoms with Crippen LogP contribution in [0.3, 0.4) is 0 Å². The largest absolute Gasteiger partial charge is 0.493 e. The van der Waals surface area contributed by atoms with Gasteiger partial charge in [0.15, 0.2) is 11.5 Å². The highest BCUT2D eigenvalue weighted by Gasteiger charge is 2.30. The molecule has 146 valence electrons. The first-order valence-corrected chi connectivity index (χ1v) is 10.0. The third-order valence-corrected chi connectivity index (χ3v) is 6.77. The smallest absolute Gasteiger partial charge is 0.243 e. The lowest BCUT2D eigenvalue weighted by Crippen LogP contribution is -2.48. The molecule has 0 aromatic heterocycles. The minimum atomic E-state index is -3.65. The Bertz CT molecular complexity index is 908. The average molecular weight is 394 g/mol. The minimum Gasteiger partial charge on any atom is -0.493 e. The summed E-state index contributed by atoms with van der Waals surface area (Å²) in [7, 11) is -0.660.